The van der Waals surface area contributed by atoms with Gasteiger partial charge in [-0.15, -0.1) is 0 Å². The van der Waals surface area contributed by atoms with Crippen LogP contribution in [0.5, 0.6) is 11.5 Å². The van der Waals surface area contributed by atoms with Gasteiger partial charge in [0.1, 0.15) is 11.5 Å². The summed E-state index contributed by atoms with van der Waals surface area (Å²) in [6.07, 6.45) is 3.60. The minimum atomic E-state index is 0.659. The molecule has 4 heteroatoms. The number of benzene rings is 7. The van der Waals surface area contributed by atoms with Crippen molar-refractivity contribution >= 4 is 43.1 Å². The normalized spacial score (nSPS) is 12.0. The summed E-state index contributed by atoms with van der Waals surface area (Å²) in [5, 5.41) is 18.9. The van der Waals surface area contributed by atoms with Crippen molar-refractivity contribution in [1.82, 2.24) is 9.97 Å². The van der Waals surface area contributed by atoms with Gasteiger partial charge in [0, 0.05) is 39.9 Å². The molecule has 1 aliphatic heterocycles. The molecular formula is C43H23N3O. The molecule has 2 aromatic heterocycles. The van der Waals surface area contributed by atoms with E-state index in [2.05, 4.69) is 89.9 Å². The van der Waals surface area contributed by atoms with Crippen LogP contribution in [0.25, 0.3) is 87.9 Å². The van der Waals surface area contributed by atoms with Crippen molar-refractivity contribution < 1.29 is 4.74 Å². The molecule has 0 fully saturated rings. The average Bonchev–Trinajstić information content (AvgIpc) is 3.14. The summed E-state index contributed by atoms with van der Waals surface area (Å²) in [7, 11) is 0. The van der Waals surface area contributed by atoms with Crippen molar-refractivity contribution in [2.24, 2.45) is 0 Å². The predicted molar refractivity (Wildman–Crippen MR) is 190 cm³/mol. The first-order valence-electron chi connectivity index (χ1n) is 15.6. The Morgan fingerprint density at radius 3 is 1.83 bits per heavy atom. The molecule has 3 heterocycles. The summed E-state index contributed by atoms with van der Waals surface area (Å²) in [6, 6.07) is 46.8. The molecule has 9 aromatic rings. The first-order chi connectivity index (χ1) is 23.2. The molecule has 0 bridgehead atoms. The van der Waals surface area contributed by atoms with Gasteiger partial charge in [0.25, 0.3) is 0 Å². The summed E-state index contributed by atoms with van der Waals surface area (Å²) in [4.78, 5) is 9.15. The summed E-state index contributed by atoms with van der Waals surface area (Å²) in [5.74, 6) is 1.61. The van der Waals surface area contributed by atoms with Gasteiger partial charge in [-0.2, -0.15) is 5.26 Å². The molecule has 4 nitrogen and oxygen atoms in total. The maximum absolute atomic E-state index is 9.65. The van der Waals surface area contributed by atoms with Gasteiger partial charge in [-0.05, 0) is 122 Å². The van der Waals surface area contributed by atoms with Crippen LogP contribution in [0.2, 0.25) is 0 Å². The van der Waals surface area contributed by atoms with E-state index in [1.807, 2.05) is 48.5 Å². The van der Waals surface area contributed by atoms with E-state index in [-0.39, 0.29) is 0 Å². The SMILES string of the molecule is N#Cc1ccc2c3c(cccc13)Oc1cc(-c3cc4ccc5cc(-c6cccc(-c7ccncc7)n6)cc6ccc(c3)c4c56)ccc1-2. The number of rotatable bonds is 3. The number of pyridine rings is 2. The Bertz CT molecular complexity index is 2710. The predicted octanol–water partition coefficient (Wildman–Crippen LogP) is 11.2. The number of ether oxygens (including phenoxy) is 1. The minimum absolute atomic E-state index is 0.659. The van der Waals surface area contributed by atoms with Crippen LogP contribution in [0.4, 0.5) is 0 Å². The van der Waals surface area contributed by atoms with E-state index in [0.29, 0.717) is 5.56 Å². The van der Waals surface area contributed by atoms with Crippen LogP contribution in [0.3, 0.4) is 0 Å². The van der Waals surface area contributed by atoms with Gasteiger partial charge in [0.2, 0.25) is 0 Å². The monoisotopic (exact) mass is 597 g/mol. The lowest BCUT2D eigenvalue weighted by atomic mass is 9.88. The standard InChI is InChI=1S/C43H23N3O/c44-24-31-12-14-36-35-13-11-26(23-40(35)47-39-6-1-3-34(31)43(36)39)32-19-27-7-9-29-21-33(22-30-10-8-28(20-32)41(27)42(29)30)38-5-2-4-37(46-38)25-15-17-45-18-16-25/h1-23H. The topological polar surface area (TPSA) is 58.8 Å². The fraction of sp³-hybridized carbons (Fsp3) is 0. The number of hydrogen-bond acceptors (Lipinski definition) is 4. The van der Waals surface area contributed by atoms with Gasteiger partial charge in [-0.1, -0.05) is 54.6 Å². The van der Waals surface area contributed by atoms with E-state index in [1.54, 1.807) is 12.4 Å². The summed E-state index contributed by atoms with van der Waals surface area (Å²) >= 11 is 0. The van der Waals surface area contributed by atoms with Gasteiger partial charge in [0.15, 0.2) is 0 Å². The van der Waals surface area contributed by atoms with E-state index in [1.165, 1.54) is 32.3 Å². The fourth-order valence-corrected chi connectivity index (χ4v) is 7.34. The van der Waals surface area contributed by atoms with Crippen molar-refractivity contribution in [1.29, 1.82) is 5.26 Å². The number of nitrogens with zero attached hydrogens (tertiary/aromatic N) is 3. The highest BCUT2D eigenvalue weighted by molar-refractivity contribution is 6.24. The molecule has 0 atom stereocenters. The van der Waals surface area contributed by atoms with Gasteiger partial charge in [-0.3, -0.25) is 4.98 Å². The lowest BCUT2D eigenvalue weighted by molar-refractivity contribution is 0.487. The molecule has 0 radical (unpaired) electrons. The van der Waals surface area contributed by atoms with Crippen molar-refractivity contribution in [3.05, 3.63) is 145 Å². The first-order valence-corrected chi connectivity index (χ1v) is 15.6. The van der Waals surface area contributed by atoms with Crippen LogP contribution in [-0.2, 0) is 0 Å². The molecular weight excluding hydrogens is 574 g/mol. The molecule has 0 aliphatic carbocycles. The molecule has 0 unspecified atom stereocenters. The highest BCUT2D eigenvalue weighted by Gasteiger charge is 2.22. The smallest absolute Gasteiger partial charge is 0.135 e. The average molecular weight is 598 g/mol. The molecule has 216 valence electrons. The molecule has 0 saturated carbocycles. The second-order valence-electron chi connectivity index (χ2n) is 12.1. The van der Waals surface area contributed by atoms with Crippen molar-refractivity contribution in [3.8, 4) is 62.3 Å². The highest BCUT2D eigenvalue weighted by Crippen LogP contribution is 2.48. The maximum atomic E-state index is 9.65. The molecule has 0 spiro atoms. The Kier molecular flexibility index (Phi) is 5.32. The van der Waals surface area contributed by atoms with Crippen molar-refractivity contribution in [3.63, 3.8) is 0 Å². The van der Waals surface area contributed by atoms with Crippen molar-refractivity contribution in [2.75, 3.05) is 0 Å². The van der Waals surface area contributed by atoms with Gasteiger partial charge in [-0.25, -0.2) is 4.98 Å². The Morgan fingerprint density at radius 1 is 0.489 bits per heavy atom. The van der Waals surface area contributed by atoms with E-state index >= 15 is 0 Å². The molecule has 10 rings (SSSR count). The summed E-state index contributed by atoms with van der Waals surface area (Å²) in [5.41, 5.74) is 9.07. The van der Waals surface area contributed by atoms with Crippen LogP contribution in [-0.4, -0.2) is 9.97 Å². The second-order valence-corrected chi connectivity index (χ2v) is 12.1. The summed E-state index contributed by atoms with van der Waals surface area (Å²) in [6.45, 7) is 0. The molecule has 7 aromatic carbocycles. The molecule has 0 saturated heterocycles. The molecule has 1 aliphatic rings. The lowest BCUT2D eigenvalue weighted by Gasteiger charge is -2.22. The molecule has 0 amide bonds. The third-order valence-corrected chi connectivity index (χ3v) is 9.50. The van der Waals surface area contributed by atoms with Gasteiger partial charge >= 0.3 is 0 Å². The molecule has 0 N–H and O–H groups in total. The number of hydrogen-bond donors (Lipinski definition) is 0. The quantitative estimate of drug-likeness (QED) is 0.190. The Labute approximate surface area is 270 Å². The van der Waals surface area contributed by atoms with E-state index in [9.17, 15) is 5.26 Å². The van der Waals surface area contributed by atoms with Crippen LogP contribution in [0.15, 0.2) is 140 Å². The Hall–Kier alpha value is -6.57. The Morgan fingerprint density at radius 2 is 1.13 bits per heavy atom. The summed E-state index contributed by atoms with van der Waals surface area (Å²) < 4.78 is 6.47. The minimum Gasteiger partial charge on any atom is -0.456 e. The van der Waals surface area contributed by atoms with E-state index in [4.69, 9.17) is 9.72 Å². The van der Waals surface area contributed by atoms with E-state index < -0.39 is 0 Å². The number of nitriles is 1. The first kappa shape index (κ1) is 25.7. The number of fused-ring (bicyclic) bond motifs is 2. The van der Waals surface area contributed by atoms with E-state index in [0.717, 1.165) is 67.0 Å². The van der Waals surface area contributed by atoms with Crippen LogP contribution >= 0.6 is 0 Å². The van der Waals surface area contributed by atoms with Crippen LogP contribution < -0.4 is 4.74 Å². The third-order valence-electron chi connectivity index (χ3n) is 9.50. The van der Waals surface area contributed by atoms with Crippen LogP contribution in [0.1, 0.15) is 5.56 Å². The third kappa shape index (κ3) is 3.87. The Balaban J connectivity index is 1.07. The largest absolute Gasteiger partial charge is 0.456 e. The van der Waals surface area contributed by atoms with Crippen LogP contribution in [0, 0.1) is 11.3 Å². The number of aromatic nitrogens is 2. The zero-order valence-corrected chi connectivity index (χ0v) is 25.0. The zero-order chi connectivity index (χ0) is 31.1. The highest BCUT2D eigenvalue weighted by atomic mass is 16.5. The van der Waals surface area contributed by atoms with Gasteiger partial charge in [0.05, 0.1) is 23.0 Å². The maximum Gasteiger partial charge on any atom is 0.135 e. The van der Waals surface area contributed by atoms with Crippen molar-refractivity contribution in [2.45, 2.75) is 0 Å². The molecule has 47 heavy (non-hydrogen) atoms. The second kappa shape index (κ2) is 9.71. The fourth-order valence-electron chi connectivity index (χ4n) is 7.34. The lowest BCUT2D eigenvalue weighted by Crippen LogP contribution is -1.98. The zero-order valence-electron chi connectivity index (χ0n) is 25.0. The van der Waals surface area contributed by atoms with Gasteiger partial charge < -0.3 is 4.74 Å².